The van der Waals surface area contributed by atoms with Gasteiger partial charge in [-0.25, -0.2) is 4.79 Å². The van der Waals surface area contributed by atoms with Crippen LogP contribution in [0.1, 0.15) is 163 Å². The second-order valence-electron chi connectivity index (χ2n) is 21.1. The summed E-state index contributed by atoms with van der Waals surface area (Å²) in [5.41, 5.74) is 1.41. The fourth-order valence-corrected chi connectivity index (χ4v) is 11.3. The Morgan fingerprint density at radius 2 is 1.62 bits per heavy atom. The van der Waals surface area contributed by atoms with Gasteiger partial charge >= 0.3 is 5.97 Å². The lowest BCUT2D eigenvalue weighted by Crippen LogP contribution is -2.61. The van der Waals surface area contributed by atoms with Crippen molar-refractivity contribution in [2.24, 2.45) is 35.5 Å². The Bertz CT molecular complexity index is 1930. The Labute approximate surface area is 409 Å². The van der Waals surface area contributed by atoms with Crippen LogP contribution in [-0.4, -0.2) is 141 Å². The van der Waals surface area contributed by atoms with Crippen molar-refractivity contribution in [3.8, 4) is 0 Å². The van der Waals surface area contributed by atoms with Crippen molar-refractivity contribution < 1.29 is 57.9 Å². The van der Waals surface area contributed by atoms with Crippen LogP contribution in [-0.2, 0) is 47.7 Å². The predicted molar refractivity (Wildman–Crippen MR) is 256 cm³/mol. The van der Waals surface area contributed by atoms with Gasteiger partial charge in [-0.15, -0.1) is 10.2 Å². The minimum Gasteiger partial charge on any atom is -0.460 e. The molecular formula is C52H83N5O12. The van der Waals surface area contributed by atoms with Crippen molar-refractivity contribution in [2.45, 2.75) is 206 Å². The number of nitrogens with zero attached hydrogens (tertiary/aromatic N) is 4. The number of H-pyrrole nitrogens is 1. The second-order valence-corrected chi connectivity index (χ2v) is 21.1. The molecule has 3 N–H and O–H groups in total. The molecule has 1 aromatic rings. The summed E-state index contributed by atoms with van der Waals surface area (Å²) in [7, 11) is 4.68. The zero-order valence-corrected chi connectivity index (χ0v) is 43.0. The molecule has 0 radical (unpaired) electrons. The second kappa shape index (κ2) is 26.1. The molecule has 2 saturated heterocycles. The first kappa shape index (κ1) is 56.2. The summed E-state index contributed by atoms with van der Waals surface area (Å²) < 4.78 is 30.0. The lowest BCUT2D eigenvalue weighted by Gasteiger charge is -2.42. The number of aliphatic hydroxyl groups excluding tert-OH is 1. The number of ether oxygens (including phenoxy) is 5. The van der Waals surface area contributed by atoms with Crippen LogP contribution in [0.5, 0.6) is 0 Å². The third-order valence-corrected chi connectivity index (χ3v) is 15.8. The maximum Gasteiger partial charge on any atom is 0.329 e. The van der Waals surface area contributed by atoms with E-state index in [1.54, 1.807) is 41.1 Å². The van der Waals surface area contributed by atoms with Gasteiger partial charge in [-0.2, -0.15) is 5.21 Å². The molecule has 3 fully saturated rings. The number of amides is 1. The zero-order chi connectivity index (χ0) is 50.6. The van der Waals surface area contributed by atoms with Crippen LogP contribution in [0.25, 0.3) is 0 Å². The topological polar surface area (TPSA) is 230 Å². The molecule has 388 valence electrons. The summed E-state index contributed by atoms with van der Waals surface area (Å²) in [6.07, 6.45) is 8.99. The SMILES string of the molecule is COC1C[C@@H]2CC[C@@H](C)[C@@](O)(O2)C(=O)C(=O)N2CCCC[C@H]2C(=O)O[C@H]([C@H](C)C[C@@H]2CC[C@@H](c3nn[nH]n3)[C@H](OC)C2)CC(=O)[C@H](C)/C=C(\C)[C@@H](O)C(OC)C(=O)[C@H](C)C[C@H](C)CCCC/C=C/1C. The number of rotatable bonds is 7. The number of hydrogen-bond donors (Lipinski definition) is 3. The van der Waals surface area contributed by atoms with Crippen molar-refractivity contribution in [1.82, 2.24) is 25.5 Å². The minimum atomic E-state index is -2.41. The molecule has 4 heterocycles. The molecule has 69 heavy (non-hydrogen) atoms. The van der Waals surface area contributed by atoms with Gasteiger partial charge in [0.15, 0.2) is 11.6 Å². The molecule has 1 saturated carbocycles. The van der Waals surface area contributed by atoms with Gasteiger partial charge in [0.25, 0.3) is 11.7 Å². The first-order chi connectivity index (χ1) is 32.8. The summed E-state index contributed by atoms with van der Waals surface area (Å²) in [5, 5.41) is 38.2. The van der Waals surface area contributed by atoms with E-state index in [0.29, 0.717) is 62.8 Å². The Kier molecular flexibility index (Phi) is 21.3. The van der Waals surface area contributed by atoms with E-state index in [1.807, 2.05) is 20.8 Å². The third-order valence-electron chi connectivity index (χ3n) is 15.8. The Morgan fingerprint density at radius 3 is 2.30 bits per heavy atom. The van der Waals surface area contributed by atoms with E-state index in [0.717, 1.165) is 44.1 Å². The Morgan fingerprint density at radius 1 is 0.884 bits per heavy atom. The van der Waals surface area contributed by atoms with Gasteiger partial charge in [0.05, 0.1) is 18.3 Å². The van der Waals surface area contributed by atoms with Crippen LogP contribution in [0.15, 0.2) is 23.3 Å². The number of tetrazole rings is 1. The van der Waals surface area contributed by atoms with E-state index in [9.17, 15) is 34.2 Å². The van der Waals surface area contributed by atoms with E-state index in [-0.39, 0.29) is 72.8 Å². The highest BCUT2D eigenvalue weighted by Gasteiger charge is 2.53. The zero-order valence-electron chi connectivity index (χ0n) is 43.0. The normalized spacial score (nSPS) is 38.3. The standard InChI is InChI=1S/C52H83N5O12/c1-30-16-12-11-13-17-31(2)42(65-8)28-38-21-19-36(7)52(64,69-38)48(61)50(62)57-23-15-14-18-40(57)51(63)68-43(33(4)26-37-20-22-39(44(27-37)66-9)49-53-55-56-54-49)29-41(58)32(3)25-35(6)46(60)47(67-10)45(59)34(5)24-30/h17,25,30,32-34,36-40,42-44,46-47,60,64H,11-16,18-24,26-29H2,1-10H3,(H,53,54,55,56)/b31-17+,35-25+/t30-,32-,33-,34-,36-,37+,38+,39-,40+,42?,43+,44-,46-,47?,52-/m1/s1. The van der Waals surface area contributed by atoms with E-state index in [4.69, 9.17) is 23.7 Å². The largest absolute Gasteiger partial charge is 0.460 e. The molecule has 1 aromatic heterocycles. The lowest BCUT2D eigenvalue weighted by molar-refractivity contribution is -0.265. The number of allylic oxidation sites excluding steroid dienone is 2. The number of aliphatic hydroxyl groups is 2. The number of fused-ring (bicyclic) bond motifs is 3. The molecule has 2 unspecified atom stereocenters. The van der Waals surface area contributed by atoms with Crippen molar-refractivity contribution in [3.05, 3.63) is 29.1 Å². The summed E-state index contributed by atoms with van der Waals surface area (Å²) in [6, 6.07) is -1.13. The highest BCUT2D eigenvalue weighted by Crippen LogP contribution is 2.41. The summed E-state index contributed by atoms with van der Waals surface area (Å²) in [6.45, 7) is 13.1. The molecule has 4 aliphatic rings. The molecule has 0 aromatic carbocycles. The van der Waals surface area contributed by atoms with E-state index in [2.05, 4.69) is 33.6 Å². The van der Waals surface area contributed by atoms with Gasteiger partial charge in [0.2, 0.25) is 5.79 Å². The summed E-state index contributed by atoms with van der Waals surface area (Å²) in [4.78, 5) is 72.4. The van der Waals surface area contributed by atoms with E-state index in [1.165, 1.54) is 12.0 Å². The van der Waals surface area contributed by atoms with E-state index >= 15 is 0 Å². The number of hydrogen-bond acceptors (Lipinski definition) is 15. The molecule has 2 bridgehead atoms. The number of esters is 1. The van der Waals surface area contributed by atoms with Crippen LogP contribution in [0, 0.1) is 35.5 Å². The first-order valence-corrected chi connectivity index (χ1v) is 25.7. The monoisotopic (exact) mass is 970 g/mol. The van der Waals surface area contributed by atoms with Gasteiger partial charge in [-0.3, -0.25) is 19.2 Å². The maximum absolute atomic E-state index is 14.5. The number of aromatic amines is 1. The molecule has 1 amide bonds. The smallest absolute Gasteiger partial charge is 0.329 e. The Hall–Kier alpha value is -3.74. The number of piperidine rings is 1. The number of carbonyl (C=O) groups excluding carboxylic acids is 5. The number of methoxy groups -OCH3 is 3. The number of cyclic esters (lactones) is 1. The molecule has 15 atom stereocenters. The van der Waals surface area contributed by atoms with Gasteiger partial charge in [0, 0.05) is 64.4 Å². The highest BCUT2D eigenvalue weighted by molar-refractivity contribution is 6.39. The van der Waals surface area contributed by atoms with Gasteiger partial charge < -0.3 is 38.8 Å². The summed E-state index contributed by atoms with van der Waals surface area (Å²) in [5.74, 6) is -6.90. The van der Waals surface area contributed by atoms with E-state index < -0.39 is 65.7 Å². The van der Waals surface area contributed by atoms with Gasteiger partial charge in [0.1, 0.15) is 30.1 Å². The van der Waals surface area contributed by atoms with Crippen LogP contribution in [0.2, 0.25) is 0 Å². The number of ketones is 3. The quantitative estimate of drug-likeness (QED) is 0.149. The van der Waals surface area contributed by atoms with Crippen LogP contribution in [0.3, 0.4) is 0 Å². The molecule has 3 aliphatic heterocycles. The molecule has 1 aliphatic carbocycles. The molecule has 17 nitrogen and oxygen atoms in total. The van der Waals surface area contributed by atoms with Crippen molar-refractivity contribution in [3.63, 3.8) is 0 Å². The molecular weight excluding hydrogens is 887 g/mol. The maximum atomic E-state index is 14.5. The molecule has 17 heteroatoms. The lowest BCUT2D eigenvalue weighted by atomic mass is 9.75. The highest BCUT2D eigenvalue weighted by atomic mass is 16.6. The number of nitrogens with one attached hydrogen (secondary N) is 1. The minimum absolute atomic E-state index is 0.0434. The molecule has 5 rings (SSSR count). The average molecular weight is 970 g/mol. The summed E-state index contributed by atoms with van der Waals surface area (Å²) >= 11 is 0. The van der Waals surface area contributed by atoms with Gasteiger partial charge in [-0.05, 0) is 120 Å². The number of carbonyl (C=O) groups is 5. The number of aromatic nitrogens is 4. The van der Waals surface area contributed by atoms with Crippen molar-refractivity contribution in [2.75, 3.05) is 27.9 Å². The van der Waals surface area contributed by atoms with Crippen LogP contribution < -0.4 is 0 Å². The number of Topliss-reactive ketones (excluding diaryl/α,β-unsaturated/α-hetero) is 3. The van der Waals surface area contributed by atoms with Crippen molar-refractivity contribution in [1.29, 1.82) is 0 Å². The van der Waals surface area contributed by atoms with Crippen molar-refractivity contribution >= 4 is 29.2 Å². The predicted octanol–water partition coefficient (Wildman–Crippen LogP) is 6.56. The third kappa shape index (κ3) is 14.5. The molecule has 0 spiro atoms. The average Bonchev–Trinajstić information content (AvgIpc) is 3.88. The Balaban J connectivity index is 1.44. The fourth-order valence-electron chi connectivity index (χ4n) is 11.3. The first-order valence-electron chi connectivity index (χ1n) is 25.7. The van der Waals surface area contributed by atoms with Gasteiger partial charge in [-0.1, -0.05) is 64.8 Å². The van der Waals surface area contributed by atoms with Crippen LogP contribution >= 0.6 is 0 Å². The fraction of sp³-hybridized carbons (Fsp3) is 0.808. The van der Waals surface area contributed by atoms with Crippen LogP contribution in [0.4, 0.5) is 0 Å².